The fraction of sp³-hybridized carbons (Fsp3) is 0.237. The Hall–Kier alpha value is -12.4. The molecule has 0 aliphatic carbocycles. The average molecular weight is 1770 g/mol. The Balaban J connectivity index is -0.00000136. The van der Waals surface area contributed by atoms with Gasteiger partial charge in [-0.05, 0) is 133 Å². The second-order valence-corrected chi connectivity index (χ2v) is 26.2. The Morgan fingerprint density at radius 1 is 0.492 bits per heavy atom. The predicted octanol–water partition coefficient (Wildman–Crippen LogP) is -2.95. The molecule has 38 nitrogen and oxygen atoms in total. The van der Waals surface area contributed by atoms with Gasteiger partial charge in [-0.3, -0.25) is 49.5 Å². The largest absolute Gasteiger partial charge is 1.00 e. The van der Waals surface area contributed by atoms with Crippen molar-refractivity contribution in [2.24, 2.45) is 15.6 Å². The van der Waals surface area contributed by atoms with E-state index in [9.17, 15) is 64.8 Å². The molecule has 13 N–H and O–H groups in total. The van der Waals surface area contributed by atoms with Gasteiger partial charge in [-0.25, -0.2) is 0 Å². The van der Waals surface area contributed by atoms with Crippen LogP contribution in [0, 0.1) is 45.9 Å². The minimum Gasteiger partial charge on any atom is -1.00 e. The number of aryl methyl sites for hydroxylation is 4. The zero-order valence-electron chi connectivity index (χ0n) is 65.9. The average Bonchev–Trinajstić information content (AvgIpc) is 1.67. The number of carbonyl (C=O) groups excluding carboxylic acids is 1. The molecule has 11 rings (SSSR count). The van der Waals surface area contributed by atoms with E-state index in [1.807, 2.05) is 60.7 Å². The summed E-state index contributed by atoms with van der Waals surface area (Å²) in [7, 11) is 12.8. The third-order valence-electron chi connectivity index (χ3n) is 15.2. The molecule has 2 aromatic heterocycles. The van der Waals surface area contributed by atoms with Gasteiger partial charge < -0.3 is 121 Å². The molecule has 9 aromatic carbocycles. The summed E-state index contributed by atoms with van der Waals surface area (Å²) < 4.78 is 1.84. The van der Waals surface area contributed by atoms with Gasteiger partial charge in [-0.2, -0.15) is 0 Å². The molecule has 0 saturated heterocycles. The smallest absolute Gasteiger partial charge is 1.00 e. The molecule has 0 atom stereocenters. The first-order valence-corrected chi connectivity index (χ1v) is 34.4. The van der Waals surface area contributed by atoms with Crippen LogP contribution < -0.4 is 96.0 Å². The van der Waals surface area contributed by atoms with Crippen molar-refractivity contribution in [2.45, 2.75) is 51.4 Å². The number of quaternary nitrogens is 3. The standard InChI is InChI=1S/C20H25N5O2.C15H13N3O5.C15H13N3O3.C9H10O3.C6H4N3O2.C6H6N2O2.C5H15N2.5ClH.HNO2.Na/c1-25(2,3)13-12-21-20(27)11-9-15-8-10-19(26)18(14-15)24-22-16-6-4-5-7-17(16)23-24;19-14-7-5-10(6-8-15(20)21)9-12(14)17-16-11-3-1-2-4-13(11)18(22)23;19-14-7-5-10(6-8-15(20)21)9-13(14)18-16-11-3-1-2-4-12(11)17-18;10-8-4-1-7(2-5-8)3-6-9(11)12;7-8-5-3-1-2-4-6(5)9(10)11;7-5-3-1-2-4-6(5)8(9)10;1-7(2,3)5-4-6;;;;;;2-1-3;/h4-8,10,14H,9,11-13H2,1-3H3,(H-,21,26,27);1-5,7,9,19H,6,8H2,(H,20,21);1-5,7,9,19H,6,8H2,(H,20,21);1-2,4-5,10H,3,6H2,(H,11,12);1-4H;1-4H,7H2;4-6H2,1-3H3;5*1H;(H,2,3);/q;;;;+1;;+1;;;;;;;+1/p-3. The van der Waals surface area contributed by atoms with Crippen LogP contribution >= 0.6 is 12.4 Å². The summed E-state index contributed by atoms with van der Waals surface area (Å²) in [6.45, 7) is 3.74. The van der Waals surface area contributed by atoms with Crippen LogP contribution in [0.2, 0.25) is 0 Å². The number of anilines is 1. The number of nitro benzene ring substituents is 3. The maximum absolute atomic E-state index is 12.0. The van der Waals surface area contributed by atoms with E-state index in [0.29, 0.717) is 49.2 Å². The topological polar surface area (TPSA) is 572 Å². The minimum atomic E-state index is -0.929. The number of diazo groups is 1. The number of hydrogen-bond acceptors (Lipinski definition) is 25. The number of likely N-dealkylation sites (N-methyl/N-ethyl adjacent to an activating group) is 2. The number of azo groups is 1. The molecule has 0 radical (unpaired) electrons. The summed E-state index contributed by atoms with van der Waals surface area (Å²) >= 11 is 0. The Morgan fingerprint density at radius 3 is 1.20 bits per heavy atom. The molecule has 0 unspecified atom stereocenters. The van der Waals surface area contributed by atoms with E-state index in [1.54, 1.807) is 72.8 Å². The molecule has 2 heterocycles. The number of fused-ring (bicyclic) bond motifs is 2. The van der Waals surface area contributed by atoms with Crippen molar-refractivity contribution in [1.82, 2.24) is 35.3 Å². The van der Waals surface area contributed by atoms with Gasteiger partial charge >= 0.3 is 58.8 Å². The monoisotopic (exact) mass is 1770 g/mol. The third kappa shape index (κ3) is 42.1. The Labute approximate surface area is 740 Å². The normalized spacial score (nSPS) is 9.92. The molecular weight excluding hydrogens is 1680 g/mol. The van der Waals surface area contributed by atoms with Crippen LogP contribution in [0.3, 0.4) is 0 Å². The van der Waals surface area contributed by atoms with Gasteiger partial charge in [-0.1, -0.05) is 91.0 Å². The van der Waals surface area contributed by atoms with Gasteiger partial charge in [0.25, 0.3) is 11.4 Å². The molecule has 638 valence electrons. The molecular formula is C76H89Cl5N19NaO19. The first kappa shape index (κ1) is 112. The van der Waals surface area contributed by atoms with E-state index in [4.69, 9.17) is 41.7 Å². The Kier molecular flexibility index (Phi) is 53.7. The van der Waals surface area contributed by atoms with Crippen molar-refractivity contribution in [3.05, 3.63) is 268 Å². The number of carboxylic acids is 3. The number of carboxylic acid groups (broad SMARTS) is 3. The van der Waals surface area contributed by atoms with E-state index in [0.717, 1.165) is 66.2 Å². The first-order chi connectivity index (χ1) is 54.0. The summed E-state index contributed by atoms with van der Waals surface area (Å²) in [5, 5.41) is 141. The fourth-order valence-electron chi connectivity index (χ4n) is 9.44. The number of halogens is 5. The van der Waals surface area contributed by atoms with Crippen molar-refractivity contribution in [3.8, 4) is 34.4 Å². The number of nitrogens with one attached hydrogen (secondary N) is 1. The number of para-hydroxylation sites is 4. The summed E-state index contributed by atoms with van der Waals surface area (Å²) in [5.74, 6) is -2.35. The van der Waals surface area contributed by atoms with Crippen molar-refractivity contribution in [2.75, 3.05) is 74.2 Å². The molecule has 0 saturated carbocycles. The second-order valence-electron chi connectivity index (χ2n) is 26.2. The zero-order valence-corrected chi connectivity index (χ0v) is 71.8. The molecule has 11 aromatic rings. The van der Waals surface area contributed by atoms with Crippen LogP contribution in [0.4, 0.5) is 39.8 Å². The van der Waals surface area contributed by atoms with Gasteiger partial charge in [0.05, 0.1) is 70.1 Å². The van der Waals surface area contributed by atoms with E-state index in [2.05, 4.69) is 88.9 Å². The minimum absolute atomic E-state index is 0. The van der Waals surface area contributed by atoms with Crippen LogP contribution in [-0.4, -0.2) is 182 Å². The second kappa shape index (κ2) is 57.7. The number of amides is 1. The van der Waals surface area contributed by atoms with Crippen LogP contribution in [0.1, 0.15) is 47.9 Å². The van der Waals surface area contributed by atoms with Crippen LogP contribution in [-0.2, 0) is 44.9 Å². The predicted molar refractivity (Wildman–Crippen MR) is 429 cm³/mol. The quantitative estimate of drug-likeness (QED) is 0.00423. The Bertz CT molecular complexity index is 5070. The van der Waals surface area contributed by atoms with Gasteiger partial charge in [0.15, 0.2) is 10.7 Å². The van der Waals surface area contributed by atoms with E-state index < -0.39 is 32.7 Å². The molecule has 120 heavy (non-hydrogen) atoms. The van der Waals surface area contributed by atoms with Gasteiger partial charge in [0.2, 0.25) is 11.3 Å². The van der Waals surface area contributed by atoms with Crippen LogP contribution in [0.25, 0.3) is 38.4 Å². The van der Waals surface area contributed by atoms with E-state index >= 15 is 0 Å². The molecule has 0 fully saturated rings. The molecule has 1 amide bonds. The molecule has 44 heteroatoms. The summed E-state index contributed by atoms with van der Waals surface area (Å²) in [6.07, 6.45) is 2.29. The number of carbonyl (C=O) groups is 4. The van der Waals surface area contributed by atoms with Gasteiger partial charge in [-0.15, -0.1) is 58.0 Å². The number of hydrogen-bond donors (Lipinski definition) is 10. The number of benzene rings is 9. The van der Waals surface area contributed by atoms with Gasteiger partial charge in [0, 0.05) is 49.9 Å². The summed E-state index contributed by atoms with van der Waals surface area (Å²) in [4.78, 5) is 86.6. The maximum Gasteiger partial charge on any atom is 1.00 e. The molecule has 0 bridgehead atoms. The molecule has 0 spiro atoms. The zero-order chi connectivity index (χ0) is 84.5. The number of nitrogens with two attached hydrogens (primary N) is 1. The van der Waals surface area contributed by atoms with Gasteiger partial charge in [0.1, 0.15) is 80.9 Å². The Morgan fingerprint density at radius 2 is 0.833 bits per heavy atom. The van der Waals surface area contributed by atoms with Crippen LogP contribution in [0.15, 0.2) is 216 Å². The van der Waals surface area contributed by atoms with Crippen molar-refractivity contribution < 1.29 is 164 Å². The molecule has 0 aliphatic heterocycles. The first-order valence-electron chi connectivity index (χ1n) is 34.4. The summed E-state index contributed by atoms with van der Waals surface area (Å²) in [5.41, 5.74) is 16.2. The number of nitrogens with zero attached hydrogens (tertiary/aromatic N) is 16. The number of nitrogen functional groups attached to an aromatic ring is 1. The number of aliphatic carboxylic acids is 3. The third-order valence-corrected chi connectivity index (χ3v) is 15.2. The van der Waals surface area contributed by atoms with Crippen molar-refractivity contribution in [1.29, 1.82) is 5.39 Å². The number of nitro groups is 3. The molecule has 0 aliphatic rings. The van der Waals surface area contributed by atoms with Crippen LogP contribution in [0.5, 0.6) is 23.0 Å². The number of aromatic hydroxyl groups is 4. The number of rotatable bonds is 24. The van der Waals surface area contributed by atoms with E-state index in [1.165, 1.54) is 82.9 Å². The fourth-order valence-corrected chi connectivity index (χ4v) is 9.44. The van der Waals surface area contributed by atoms with Crippen molar-refractivity contribution in [3.63, 3.8) is 0 Å². The maximum atomic E-state index is 12.0. The number of phenols is 4. The summed E-state index contributed by atoms with van der Waals surface area (Å²) in [6, 6.07) is 53.8. The van der Waals surface area contributed by atoms with E-state index in [-0.39, 0.29) is 186 Å². The number of phenolic OH excluding ortho intramolecular Hbond substituents is 4. The van der Waals surface area contributed by atoms with Crippen molar-refractivity contribution >= 4 is 98.1 Å². The SMILES string of the molecule is C[N+](C)(C)CCNC(=O)CCc1ccc(O)c(-n2nc3ccccc3n2)c1.C[N+](C)(C)CC[NH3+].Cl.N#[N+]c1ccccc1[N+](=O)[O-].Nc1ccccc1[N+](=O)[O-].O=C(O)CCc1ccc(O)c(-n2nc3ccccc3n2)c1.O=C(O)CCc1ccc(O)c(N=Nc2ccccc2[N+](=O)[O-])c1.O=C(O)CCc1ccc(O)cc1.O=N[O-].[Cl-].[Cl-].[Cl-].[Cl-].[Na+]. The number of aromatic nitrogens is 6.